The Morgan fingerprint density at radius 3 is 2.53 bits per heavy atom. The third kappa shape index (κ3) is 2.63. The average Bonchev–Trinajstić information content (AvgIpc) is 2.13. The van der Waals surface area contributed by atoms with Gasteiger partial charge in [-0.2, -0.15) is 0 Å². The topological polar surface area (TPSA) is 17.1 Å². The minimum absolute atomic E-state index is 0.00198. The summed E-state index contributed by atoms with van der Waals surface area (Å²) < 4.78 is 13.1. The second kappa shape index (κ2) is 4.10. The minimum Gasteiger partial charge on any atom is -0.295 e. The molecule has 2 rings (SSSR count). The molecule has 0 bridgehead atoms. The summed E-state index contributed by atoms with van der Waals surface area (Å²) in [6.45, 7) is 6.07. The Hall–Kier alpha value is -1.44. The van der Waals surface area contributed by atoms with Gasteiger partial charge >= 0.3 is 0 Å². The number of halogens is 1. The van der Waals surface area contributed by atoms with Gasteiger partial charge in [0.25, 0.3) is 0 Å². The highest BCUT2D eigenvalue weighted by atomic mass is 19.1. The Bertz CT molecular complexity index is 498. The third-order valence-corrected chi connectivity index (χ3v) is 3.19. The van der Waals surface area contributed by atoms with Crippen molar-refractivity contribution in [2.75, 3.05) is 0 Å². The molecule has 17 heavy (non-hydrogen) atoms. The van der Waals surface area contributed by atoms with Gasteiger partial charge in [-0.15, -0.1) is 0 Å². The van der Waals surface area contributed by atoms with Crippen molar-refractivity contribution < 1.29 is 9.18 Å². The molecule has 0 N–H and O–H groups in total. The van der Waals surface area contributed by atoms with Gasteiger partial charge in [0, 0.05) is 6.42 Å². The van der Waals surface area contributed by atoms with Crippen molar-refractivity contribution in [3.63, 3.8) is 0 Å². The Labute approximate surface area is 101 Å². The Balaban J connectivity index is 2.43. The van der Waals surface area contributed by atoms with Crippen molar-refractivity contribution in [3.8, 4) is 0 Å². The molecule has 1 aromatic rings. The highest BCUT2D eigenvalue weighted by Gasteiger charge is 2.28. The van der Waals surface area contributed by atoms with Gasteiger partial charge in [-0.05, 0) is 53.7 Å². The standard InChI is InChI=1S/C15H17FO/c1-10-6-12(16)4-5-14(10)11-7-13(17)9-15(2,3)8-11/h4-7H,8-9H2,1-3H3. The number of benzene rings is 1. The Morgan fingerprint density at radius 1 is 1.24 bits per heavy atom. The lowest BCUT2D eigenvalue weighted by molar-refractivity contribution is -0.116. The minimum atomic E-state index is -0.228. The molecule has 0 radical (unpaired) electrons. The zero-order valence-corrected chi connectivity index (χ0v) is 10.5. The first kappa shape index (κ1) is 12.0. The lowest BCUT2D eigenvalue weighted by atomic mass is 9.74. The van der Waals surface area contributed by atoms with Crippen LogP contribution in [0.3, 0.4) is 0 Å². The van der Waals surface area contributed by atoms with Crippen molar-refractivity contribution in [3.05, 3.63) is 41.2 Å². The molecule has 2 heteroatoms. The van der Waals surface area contributed by atoms with Gasteiger partial charge in [0.05, 0.1) is 0 Å². The van der Waals surface area contributed by atoms with Gasteiger partial charge in [-0.3, -0.25) is 4.79 Å². The van der Waals surface area contributed by atoms with E-state index in [4.69, 9.17) is 0 Å². The van der Waals surface area contributed by atoms with Crippen molar-refractivity contribution in [2.45, 2.75) is 33.6 Å². The second-order valence-electron chi connectivity index (χ2n) is 5.61. The van der Waals surface area contributed by atoms with Crippen molar-refractivity contribution in [1.29, 1.82) is 0 Å². The van der Waals surface area contributed by atoms with Crippen LogP contribution in [-0.2, 0) is 4.79 Å². The summed E-state index contributed by atoms with van der Waals surface area (Å²) in [6.07, 6.45) is 3.17. The van der Waals surface area contributed by atoms with Crippen LogP contribution in [0.1, 0.15) is 37.8 Å². The summed E-state index contributed by atoms with van der Waals surface area (Å²) in [7, 11) is 0. The molecule has 0 saturated carbocycles. The van der Waals surface area contributed by atoms with Gasteiger partial charge in [0.15, 0.2) is 5.78 Å². The number of allylic oxidation sites excluding steroid dienone is 2. The van der Waals surface area contributed by atoms with E-state index in [9.17, 15) is 9.18 Å². The molecule has 0 fully saturated rings. The van der Waals surface area contributed by atoms with Crippen LogP contribution in [0.5, 0.6) is 0 Å². The molecule has 90 valence electrons. The van der Waals surface area contributed by atoms with E-state index in [0.29, 0.717) is 6.42 Å². The van der Waals surface area contributed by atoms with Crippen LogP contribution < -0.4 is 0 Å². The molecule has 0 amide bonds. The van der Waals surface area contributed by atoms with Gasteiger partial charge in [-0.1, -0.05) is 19.9 Å². The predicted molar refractivity (Wildman–Crippen MR) is 67.1 cm³/mol. The summed E-state index contributed by atoms with van der Waals surface area (Å²) in [5.74, 6) is -0.0618. The van der Waals surface area contributed by atoms with E-state index >= 15 is 0 Å². The van der Waals surface area contributed by atoms with Gasteiger partial charge in [0.1, 0.15) is 5.82 Å². The molecule has 1 aromatic carbocycles. The molecular weight excluding hydrogens is 215 g/mol. The maximum Gasteiger partial charge on any atom is 0.156 e. The van der Waals surface area contributed by atoms with Crippen LogP contribution in [0.4, 0.5) is 4.39 Å². The van der Waals surface area contributed by atoms with E-state index in [0.717, 1.165) is 23.1 Å². The van der Waals surface area contributed by atoms with E-state index < -0.39 is 0 Å². The van der Waals surface area contributed by atoms with Crippen LogP contribution in [0, 0.1) is 18.2 Å². The lowest BCUT2D eigenvalue weighted by Gasteiger charge is -2.29. The second-order valence-corrected chi connectivity index (χ2v) is 5.61. The molecule has 0 spiro atoms. The third-order valence-electron chi connectivity index (χ3n) is 3.19. The molecule has 0 aliphatic heterocycles. The maximum atomic E-state index is 13.1. The number of rotatable bonds is 1. The number of ketones is 1. The van der Waals surface area contributed by atoms with Crippen molar-refractivity contribution in [2.24, 2.45) is 5.41 Å². The normalized spacial score (nSPS) is 19.1. The van der Waals surface area contributed by atoms with E-state index in [2.05, 4.69) is 13.8 Å². The van der Waals surface area contributed by atoms with E-state index in [1.807, 2.05) is 6.92 Å². The summed E-state index contributed by atoms with van der Waals surface area (Å²) in [5, 5.41) is 0. The summed E-state index contributed by atoms with van der Waals surface area (Å²) in [4.78, 5) is 11.7. The van der Waals surface area contributed by atoms with Gasteiger partial charge < -0.3 is 0 Å². The zero-order chi connectivity index (χ0) is 12.6. The molecule has 0 atom stereocenters. The fraction of sp³-hybridized carbons (Fsp3) is 0.400. The Kier molecular flexibility index (Phi) is 2.90. The SMILES string of the molecule is Cc1cc(F)ccc1C1=CC(=O)CC(C)(C)C1. The van der Waals surface area contributed by atoms with E-state index in [-0.39, 0.29) is 17.0 Å². The predicted octanol–water partition coefficient (Wildman–Crippen LogP) is 3.91. The van der Waals surface area contributed by atoms with E-state index in [1.165, 1.54) is 12.1 Å². The summed E-state index contributed by atoms with van der Waals surface area (Å²) in [5.41, 5.74) is 2.92. The molecule has 0 aromatic heterocycles. The number of carbonyl (C=O) groups is 1. The molecular formula is C15H17FO. The molecule has 1 nitrogen and oxygen atoms in total. The molecule has 0 unspecified atom stereocenters. The monoisotopic (exact) mass is 232 g/mol. The highest BCUT2D eigenvalue weighted by molar-refractivity contribution is 5.99. The van der Waals surface area contributed by atoms with Gasteiger partial charge in [0.2, 0.25) is 0 Å². The maximum absolute atomic E-state index is 13.1. The van der Waals surface area contributed by atoms with Crippen LogP contribution in [0.2, 0.25) is 0 Å². The number of hydrogen-bond donors (Lipinski definition) is 0. The van der Waals surface area contributed by atoms with E-state index in [1.54, 1.807) is 12.1 Å². The van der Waals surface area contributed by atoms with Gasteiger partial charge in [-0.25, -0.2) is 4.39 Å². The first-order valence-corrected chi connectivity index (χ1v) is 5.87. The van der Waals surface area contributed by atoms with Crippen molar-refractivity contribution in [1.82, 2.24) is 0 Å². The first-order valence-electron chi connectivity index (χ1n) is 5.87. The lowest BCUT2D eigenvalue weighted by Crippen LogP contribution is -2.21. The van der Waals surface area contributed by atoms with Crippen LogP contribution in [0.15, 0.2) is 24.3 Å². The smallest absolute Gasteiger partial charge is 0.156 e. The number of aryl methyl sites for hydroxylation is 1. The molecule has 1 aliphatic rings. The summed E-state index contributed by atoms with van der Waals surface area (Å²) >= 11 is 0. The van der Waals surface area contributed by atoms with Crippen LogP contribution in [0.25, 0.3) is 5.57 Å². The first-order chi connectivity index (χ1) is 7.87. The fourth-order valence-electron chi connectivity index (χ4n) is 2.51. The molecule has 1 aliphatic carbocycles. The van der Waals surface area contributed by atoms with Crippen LogP contribution in [-0.4, -0.2) is 5.78 Å². The average molecular weight is 232 g/mol. The largest absolute Gasteiger partial charge is 0.295 e. The molecule has 0 saturated heterocycles. The Morgan fingerprint density at radius 2 is 1.94 bits per heavy atom. The number of carbonyl (C=O) groups excluding carboxylic acids is 1. The van der Waals surface area contributed by atoms with Crippen LogP contribution >= 0.6 is 0 Å². The quantitative estimate of drug-likeness (QED) is 0.717. The fourth-order valence-corrected chi connectivity index (χ4v) is 2.51. The summed E-state index contributed by atoms with van der Waals surface area (Å²) in [6, 6.07) is 4.74. The van der Waals surface area contributed by atoms with Crippen molar-refractivity contribution >= 4 is 11.4 Å². The highest BCUT2D eigenvalue weighted by Crippen LogP contribution is 2.38. The zero-order valence-electron chi connectivity index (χ0n) is 10.5. The number of hydrogen-bond acceptors (Lipinski definition) is 1. The molecule has 0 heterocycles.